The summed E-state index contributed by atoms with van der Waals surface area (Å²) in [6.45, 7) is 8.13. The second-order valence-electron chi connectivity index (χ2n) is 6.83. The minimum Gasteiger partial charge on any atom is -0.370 e. The van der Waals surface area contributed by atoms with E-state index in [0.717, 1.165) is 50.4 Å². The van der Waals surface area contributed by atoms with Gasteiger partial charge in [-0.25, -0.2) is 9.38 Å². The summed E-state index contributed by atoms with van der Waals surface area (Å²) < 4.78 is 15.1. The van der Waals surface area contributed by atoms with E-state index >= 15 is 0 Å². The molecular formula is C20H29FN6. The van der Waals surface area contributed by atoms with Crippen LogP contribution in [0.2, 0.25) is 0 Å². The van der Waals surface area contributed by atoms with Gasteiger partial charge >= 0.3 is 0 Å². The van der Waals surface area contributed by atoms with Crippen LogP contribution in [0.15, 0.2) is 29.3 Å². The molecule has 3 rings (SSSR count). The highest BCUT2D eigenvalue weighted by Gasteiger charge is 2.19. The van der Waals surface area contributed by atoms with Crippen molar-refractivity contribution in [2.75, 3.05) is 31.1 Å². The topological polar surface area (TPSA) is 62.7 Å². The first-order valence-electron chi connectivity index (χ1n) is 9.62. The number of nitrogens with zero attached hydrogens (tertiary/aromatic N) is 5. The van der Waals surface area contributed by atoms with Gasteiger partial charge in [0.2, 0.25) is 0 Å². The first-order valence-corrected chi connectivity index (χ1v) is 9.62. The third kappa shape index (κ3) is 4.23. The average Bonchev–Trinajstić information content (AvgIpc) is 3.01. The Morgan fingerprint density at radius 2 is 1.78 bits per heavy atom. The Morgan fingerprint density at radius 3 is 2.37 bits per heavy atom. The number of anilines is 1. The number of piperazine rings is 1. The van der Waals surface area contributed by atoms with E-state index < -0.39 is 0 Å². The lowest BCUT2D eigenvalue weighted by molar-refractivity contribution is 0.380. The van der Waals surface area contributed by atoms with Gasteiger partial charge in [-0.1, -0.05) is 13.8 Å². The molecule has 2 N–H and O–H groups in total. The van der Waals surface area contributed by atoms with Gasteiger partial charge in [0.15, 0.2) is 5.96 Å². The molecule has 0 saturated carbocycles. The number of aromatic nitrogens is 2. The third-order valence-electron chi connectivity index (χ3n) is 5.22. The molecule has 2 aromatic rings. The lowest BCUT2D eigenvalue weighted by atomic mass is 10.1. The fourth-order valence-corrected chi connectivity index (χ4v) is 3.68. The number of halogens is 1. The van der Waals surface area contributed by atoms with Crippen molar-refractivity contribution in [2.24, 2.45) is 17.8 Å². The molecule has 0 spiro atoms. The van der Waals surface area contributed by atoms with Crippen LogP contribution in [0.3, 0.4) is 0 Å². The van der Waals surface area contributed by atoms with Crippen molar-refractivity contribution in [3.05, 3.63) is 47.0 Å². The summed E-state index contributed by atoms with van der Waals surface area (Å²) in [5.74, 6) is 0.378. The van der Waals surface area contributed by atoms with Crippen molar-refractivity contribution < 1.29 is 4.39 Å². The number of aryl methyl sites for hydroxylation is 2. The van der Waals surface area contributed by atoms with E-state index in [0.29, 0.717) is 12.5 Å². The Hall–Kier alpha value is -2.57. The molecule has 0 unspecified atom stereocenters. The zero-order chi connectivity index (χ0) is 19.4. The molecule has 1 saturated heterocycles. The molecule has 2 heterocycles. The van der Waals surface area contributed by atoms with Gasteiger partial charge in [0.25, 0.3) is 0 Å². The van der Waals surface area contributed by atoms with E-state index in [2.05, 4.69) is 33.7 Å². The highest BCUT2D eigenvalue weighted by atomic mass is 19.1. The Morgan fingerprint density at radius 1 is 1.11 bits per heavy atom. The molecule has 27 heavy (non-hydrogen) atoms. The summed E-state index contributed by atoms with van der Waals surface area (Å²) in [5, 5.41) is 4.60. The Balaban J connectivity index is 1.62. The number of aliphatic imine (C=N–C) groups is 1. The molecular weight excluding hydrogens is 343 g/mol. The van der Waals surface area contributed by atoms with Crippen molar-refractivity contribution in [1.29, 1.82) is 0 Å². The van der Waals surface area contributed by atoms with Crippen molar-refractivity contribution in [2.45, 2.75) is 33.2 Å². The zero-order valence-electron chi connectivity index (χ0n) is 16.5. The molecule has 1 aromatic carbocycles. The monoisotopic (exact) mass is 372 g/mol. The molecule has 6 nitrogen and oxygen atoms in total. The van der Waals surface area contributed by atoms with Gasteiger partial charge in [0.05, 0.1) is 12.2 Å². The van der Waals surface area contributed by atoms with Crippen LogP contribution < -0.4 is 10.6 Å². The van der Waals surface area contributed by atoms with Crippen LogP contribution >= 0.6 is 0 Å². The van der Waals surface area contributed by atoms with E-state index in [1.54, 1.807) is 0 Å². The third-order valence-corrected chi connectivity index (χ3v) is 5.22. The second-order valence-corrected chi connectivity index (χ2v) is 6.83. The van der Waals surface area contributed by atoms with Crippen molar-refractivity contribution >= 4 is 11.6 Å². The number of rotatable bonds is 5. The molecule has 0 amide bonds. The smallest absolute Gasteiger partial charge is 0.191 e. The lowest BCUT2D eigenvalue weighted by Crippen LogP contribution is -2.51. The highest BCUT2D eigenvalue weighted by molar-refractivity contribution is 5.78. The van der Waals surface area contributed by atoms with Gasteiger partial charge in [-0.3, -0.25) is 4.68 Å². The molecule has 1 fully saturated rings. The maximum Gasteiger partial charge on any atom is 0.191 e. The summed E-state index contributed by atoms with van der Waals surface area (Å²) in [6.07, 6.45) is 1.83. The standard InChI is InChI=1S/C20H29FN6/c1-4-18-17(19(5-2)25(3)24-18)14-23-20(22)27-12-10-26(11-13-27)16-8-6-15(21)7-9-16/h6-9H,4-5,10-14H2,1-3H3,(H2,22,23). The molecule has 1 aliphatic rings. The molecule has 1 aliphatic heterocycles. The van der Waals surface area contributed by atoms with Crippen LogP contribution in [-0.4, -0.2) is 46.8 Å². The SMILES string of the molecule is CCc1nn(C)c(CC)c1CN=C(N)N1CCN(c2ccc(F)cc2)CC1. The predicted octanol–water partition coefficient (Wildman–Crippen LogP) is 2.32. The molecule has 0 bridgehead atoms. The number of hydrogen-bond donors (Lipinski definition) is 1. The van der Waals surface area contributed by atoms with Gasteiger partial charge in [-0.2, -0.15) is 5.10 Å². The summed E-state index contributed by atoms with van der Waals surface area (Å²) >= 11 is 0. The van der Waals surface area contributed by atoms with Crippen LogP contribution in [0, 0.1) is 5.82 Å². The molecule has 146 valence electrons. The van der Waals surface area contributed by atoms with Crippen LogP contribution in [0.1, 0.15) is 30.8 Å². The molecule has 7 heteroatoms. The predicted molar refractivity (Wildman–Crippen MR) is 107 cm³/mol. The normalized spacial score (nSPS) is 15.5. The van der Waals surface area contributed by atoms with Gasteiger partial charge in [0, 0.05) is 50.2 Å². The molecule has 1 aromatic heterocycles. The van der Waals surface area contributed by atoms with E-state index in [9.17, 15) is 4.39 Å². The van der Waals surface area contributed by atoms with Crippen LogP contribution in [0.5, 0.6) is 0 Å². The largest absolute Gasteiger partial charge is 0.370 e. The van der Waals surface area contributed by atoms with Crippen molar-refractivity contribution in [1.82, 2.24) is 14.7 Å². The number of guanidine groups is 1. The van der Waals surface area contributed by atoms with E-state index in [1.807, 2.05) is 23.9 Å². The minimum atomic E-state index is -0.206. The number of benzene rings is 1. The van der Waals surface area contributed by atoms with Gasteiger partial charge in [-0.15, -0.1) is 0 Å². The van der Waals surface area contributed by atoms with Crippen LogP contribution in [0.25, 0.3) is 0 Å². The summed E-state index contributed by atoms with van der Waals surface area (Å²) in [4.78, 5) is 9.02. The first-order chi connectivity index (χ1) is 13.0. The Labute approximate surface area is 160 Å². The lowest BCUT2D eigenvalue weighted by Gasteiger charge is -2.36. The van der Waals surface area contributed by atoms with Crippen molar-refractivity contribution in [3.8, 4) is 0 Å². The Bertz CT molecular complexity index is 788. The summed E-state index contributed by atoms with van der Waals surface area (Å²) in [6, 6.07) is 6.65. The van der Waals surface area contributed by atoms with Crippen LogP contribution in [-0.2, 0) is 26.4 Å². The van der Waals surface area contributed by atoms with Gasteiger partial charge in [-0.05, 0) is 37.1 Å². The van der Waals surface area contributed by atoms with E-state index in [1.165, 1.54) is 23.4 Å². The zero-order valence-corrected chi connectivity index (χ0v) is 16.5. The Kier molecular flexibility index (Phi) is 5.98. The fraction of sp³-hybridized carbons (Fsp3) is 0.500. The van der Waals surface area contributed by atoms with Gasteiger partial charge in [0.1, 0.15) is 5.82 Å². The van der Waals surface area contributed by atoms with Crippen molar-refractivity contribution in [3.63, 3.8) is 0 Å². The summed E-state index contributed by atoms with van der Waals surface area (Å²) in [7, 11) is 1.99. The fourth-order valence-electron chi connectivity index (χ4n) is 3.68. The van der Waals surface area contributed by atoms with Crippen LogP contribution in [0.4, 0.5) is 10.1 Å². The number of nitrogens with two attached hydrogens (primary N) is 1. The molecule has 0 radical (unpaired) electrons. The second kappa shape index (κ2) is 8.41. The quantitative estimate of drug-likeness (QED) is 0.646. The molecule has 0 aliphatic carbocycles. The average molecular weight is 372 g/mol. The maximum atomic E-state index is 13.1. The molecule has 0 atom stereocenters. The summed E-state index contributed by atoms with van der Waals surface area (Å²) in [5.41, 5.74) is 10.8. The highest BCUT2D eigenvalue weighted by Crippen LogP contribution is 2.18. The minimum absolute atomic E-state index is 0.206. The van der Waals surface area contributed by atoms with E-state index in [-0.39, 0.29) is 5.82 Å². The van der Waals surface area contributed by atoms with E-state index in [4.69, 9.17) is 5.73 Å². The maximum absolute atomic E-state index is 13.1. The first kappa shape index (κ1) is 19.2. The number of hydrogen-bond acceptors (Lipinski definition) is 3. The van der Waals surface area contributed by atoms with Gasteiger partial charge < -0.3 is 15.5 Å².